The van der Waals surface area contributed by atoms with E-state index < -0.39 is 18.0 Å². The van der Waals surface area contributed by atoms with E-state index in [0.717, 1.165) is 44.1 Å². The zero-order chi connectivity index (χ0) is 25.9. The Balaban J connectivity index is 1.59. The van der Waals surface area contributed by atoms with Gasteiger partial charge < -0.3 is 24.5 Å². The number of fused-ring (bicyclic) bond motifs is 4. The largest absolute Gasteiger partial charge is 0.469 e. The van der Waals surface area contributed by atoms with E-state index in [1.165, 1.54) is 7.11 Å². The van der Waals surface area contributed by atoms with E-state index in [-0.39, 0.29) is 17.9 Å². The van der Waals surface area contributed by atoms with Gasteiger partial charge in [0.05, 0.1) is 31.8 Å². The summed E-state index contributed by atoms with van der Waals surface area (Å²) in [4.78, 5) is 18.4. The number of H-pyrrole nitrogens is 1. The SMILES string of the molecule is COC(=O)[C@@H]1C2C[C@H](OCc3ccccc3I)c3[nH]c4ccccc4c3CCN(C#N)C[C@@H]2CC[C@@H]1O. The maximum Gasteiger partial charge on any atom is 0.311 e. The van der Waals surface area contributed by atoms with Crippen LogP contribution in [0.1, 0.15) is 42.2 Å². The maximum absolute atomic E-state index is 12.9. The zero-order valence-corrected chi connectivity index (χ0v) is 23.1. The van der Waals surface area contributed by atoms with Gasteiger partial charge in [0.25, 0.3) is 0 Å². The van der Waals surface area contributed by atoms with Crippen LogP contribution in [0.3, 0.4) is 0 Å². The Morgan fingerprint density at radius 3 is 2.78 bits per heavy atom. The number of aliphatic hydroxyl groups excluding tert-OH is 1. The van der Waals surface area contributed by atoms with Gasteiger partial charge in [-0.3, -0.25) is 4.79 Å². The number of carbonyl (C=O) groups is 1. The minimum absolute atomic E-state index is 0.0704. The van der Waals surface area contributed by atoms with Gasteiger partial charge in [-0.15, -0.1) is 0 Å². The predicted octanol–water partition coefficient (Wildman–Crippen LogP) is 4.94. The quantitative estimate of drug-likeness (QED) is 0.246. The molecule has 5 atom stereocenters. The summed E-state index contributed by atoms with van der Waals surface area (Å²) in [7, 11) is 1.38. The Morgan fingerprint density at radius 1 is 1.22 bits per heavy atom. The molecule has 5 rings (SSSR count). The fourth-order valence-electron chi connectivity index (χ4n) is 6.19. The number of carbonyl (C=O) groups excluding carboxylic acids is 1. The normalized spacial score (nSPS) is 26.1. The van der Waals surface area contributed by atoms with Crippen LogP contribution in [0.4, 0.5) is 0 Å². The van der Waals surface area contributed by atoms with Crippen LogP contribution in [0.5, 0.6) is 0 Å². The number of esters is 1. The third-order valence-electron chi connectivity index (χ3n) is 8.07. The van der Waals surface area contributed by atoms with Gasteiger partial charge in [0.2, 0.25) is 0 Å². The first-order valence-corrected chi connectivity index (χ1v) is 13.9. The molecule has 0 radical (unpaired) electrons. The summed E-state index contributed by atoms with van der Waals surface area (Å²) in [6, 6.07) is 16.4. The molecule has 1 aliphatic heterocycles. The van der Waals surface area contributed by atoms with Crippen molar-refractivity contribution in [2.24, 2.45) is 17.8 Å². The van der Waals surface area contributed by atoms with Crippen molar-refractivity contribution in [1.82, 2.24) is 9.88 Å². The van der Waals surface area contributed by atoms with Crippen molar-refractivity contribution in [3.05, 3.63) is 68.9 Å². The Kier molecular flexibility index (Phi) is 8.03. The predicted molar refractivity (Wildman–Crippen MR) is 148 cm³/mol. The highest BCUT2D eigenvalue weighted by atomic mass is 127. The van der Waals surface area contributed by atoms with Crippen LogP contribution >= 0.6 is 22.6 Å². The maximum atomic E-state index is 12.9. The summed E-state index contributed by atoms with van der Waals surface area (Å²) in [5, 5.41) is 22.0. The van der Waals surface area contributed by atoms with E-state index in [4.69, 9.17) is 9.47 Å². The second-order valence-corrected chi connectivity index (χ2v) is 11.3. The molecular weight excluding hydrogens is 581 g/mol. The Labute approximate surface area is 230 Å². The van der Waals surface area contributed by atoms with Gasteiger partial charge in [0.15, 0.2) is 6.19 Å². The molecule has 37 heavy (non-hydrogen) atoms. The standard InChI is InChI=1S/C29H32IN3O4/c1-36-29(35)27-22-14-26(37-16-19-6-2-4-8-23(19)30)28-21(20-7-3-5-9-24(20)32-28)12-13-33(17-31)15-18(22)10-11-25(27)34/h2-9,18,22,25-27,32,34H,10-16H2,1H3/t18-,22?,25-,26-,27+/m0/s1. The third kappa shape index (κ3) is 5.35. The number of para-hydroxylation sites is 1. The first kappa shape index (κ1) is 26.0. The number of halogens is 1. The van der Waals surface area contributed by atoms with Crippen molar-refractivity contribution in [2.75, 3.05) is 20.2 Å². The number of nitriles is 1. The molecule has 0 amide bonds. The fraction of sp³-hybridized carbons (Fsp3) is 0.448. The zero-order valence-electron chi connectivity index (χ0n) is 20.9. The highest BCUT2D eigenvalue weighted by Crippen LogP contribution is 2.44. The van der Waals surface area contributed by atoms with Crippen LogP contribution in [0.15, 0.2) is 48.5 Å². The molecule has 2 aliphatic rings. The van der Waals surface area contributed by atoms with Crippen LogP contribution in [-0.4, -0.2) is 47.3 Å². The number of ether oxygens (including phenoxy) is 2. The fourth-order valence-corrected chi connectivity index (χ4v) is 6.73. The molecule has 0 bridgehead atoms. The molecule has 8 heteroatoms. The molecule has 1 aromatic heterocycles. The van der Waals surface area contributed by atoms with Crippen LogP contribution in [-0.2, 0) is 27.3 Å². The van der Waals surface area contributed by atoms with E-state index in [1.54, 1.807) is 0 Å². The van der Waals surface area contributed by atoms with E-state index in [1.807, 2.05) is 29.2 Å². The number of benzene rings is 2. The molecule has 0 saturated heterocycles. The summed E-state index contributed by atoms with van der Waals surface area (Å²) in [5.41, 5.74) is 4.28. The number of nitrogens with one attached hydrogen (secondary N) is 1. The molecule has 1 fully saturated rings. The van der Waals surface area contributed by atoms with Gasteiger partial charge in [-0.25, -0.2) is 0 Å². The van der Waals surface area contributed by atoms with Gasteiger partial charge in [-0.2, -0.15) is 5.26 Å². The average Bonchev–Trinajstić information content (AvgIpc) is 3.28. The minimum atomic E-state index is -0.773. The van der Waals surface area contributed by atoms with Crippen LogP contribution in [0.25, 0.3) is 10.9 Å². The number of aromatic nitrogens is 1. The third-order valence-corrected chi connectivity index (χ3v) is 9.12. The summed E-state index contributed by atoms with van der Waals surface area (Å²) >= 11 is 2.33. The topological polar surface area (TPSA) is 98.6 Å². The van der Waals surface area contributed by atoms with Gasteiger partial charge >= 0.3 is 5.97 Å². The minimum Gasteiger partial charge on any atom is -0.469 e. The lowest BCUT2D eigenvalue weighted by atomic mass is 9.67. The Hall–Kier alpha value is -2.61. The second-order valence-electron chi connectivity index (χ2n) is 10.1. The van der Waals surface area contributed by atoms with Crippen molar-refractivity contribution < 1.29 is 19.4 Å². The van der Waals surface area contributed by atoms with Gasteiger partial charge in [-0.1, -0.05) is 36.4 Å². The number of nitrogens with zero attached hydrogens (tertiary/aromatic N) is 2. The lowest BCUT2D eigenvalue weighted by Gasteiger charge is -2.42. The Morgan fingerprint density at radius 2 is 2.00 bits per heavy atom. The number of hydrogen-bond donors (Lipinski definition) is 2. The van der Waals surface area contributed by atoms with Crippen molar-refractivity contribution in [2.45, 2.75) is 44.5 Å². The van der Waals surface area contributed by atoms with E-state index in [0.29, 0.717) is 32.5 Å². The van der Waals surface area contributed by atoms with Crippen LogP contribution in [0, 0.1) is 32.8 Å². The van der Waals surface area contributed by atoms with Gasteiger partial charge in [0.1, 0.15) is 0 Å². The van der Waals surface area contributed by atoms with Crippen molar-refractivity contribution >= 4 is 39.5 Å². The first-order valence-electron chi connectivity index (χ1n) is 12.8. The number of aromatic amines is 1. The molecule has 2 aromatic carbocycles. The number of methoxy groups -OCH3 is 1. The molecular formula is C29H32IN3O4. The van der Waals surface area contributed by atoms with E-state index >= 15 is 0 Å². The molecule has 2 heterocycles. The van der Waals surface area contributed by atoms with Crippen molar-refractivity contribution in [3.63, 3.8) is 0 Å². The van der Waals surface area contributed by atoms with Crippen LogP contribution in [0.2, 0.25) is 0 Å². The second kappa shape index (κ2) is 11.4. The molecule has 1 saturated carbocycles. The molecule has 3 aromatic rings. The van der Waals surface area contributed by atoms with Gasteiger partial charge in [-0.05, 0) is 83.4 Å². The summed E-state index contributed by atoms with van der Waals surface area (Å²) < 4.78 is 13.0. The monoisotopic (exact) mass is 613 g/mol. The smallest absolute Gasteiger partial charge is 0.311 e. The van der Waals surface area contributed by atoms with Gasteiger partial charge in [0, 0.05) is 33.3 Å². The molecule has 2 N–H and O–H groups in total. The number of hydrogen-bond acceptors (Lipinski definition) is 6. The number of rotatable bonds is 4. The first-order chi connectivity index (χ1) is 18.0. The molecule has 7 nitrogen and oxygen atoms in total. The molecule has 1 unspecified atom stereocenters. The molecule has 194 valence electrons. The summed E-state index contributed by atoms with van der Waals surface area (Å²) in [6.07, 6.45) is 3.82. The van der Waals surface area contributed by atoms with E-state index in [2.05, 4.69) is 58.0 Å². The highest BCUT2D eigenvalue weighted by molar-refractivity contribution is 14.1. The van der Waals surface area contributed by atoms with Crippen molar-refractivity contribution in [3.8, 4) is 6.19 Å². The summed E-state index contributed by atoms with van der Waals surface area (Å²) in [5.74, 6) is -1.17. The Bertz CT molecular complexity index is 1300. The lowest BCUT2D eigenvalue weighted by Crippen LogP contribution is -2.47. The molecule has 1 aliphatic carbocycles. The molecule has 0 spiro atoms. The summed E-state index contributed by atoms with van der Waals surface area (Å²) in [6.45, 7) is 1.58. The van der Waals surface area contributed by atoms with E-state index in [9.17, 15) is 15.2 Å². The van der Waals surface area contributed by atoms with Crippen molar-refractivity contribution in [1.29, 1.82) is 5.26 Å². The highest BCUT2D eigenvalue weighted by Gasteiger charge is 2.46. The lowest BCUT2D eigenvalue weighted by molar-refractivity contribution is -0.158. The van der Waals surface area contributed by atoms with Crippen LogP contribution < -0.4 is 0 Å². The average molecular weight is 613 g/mol. The number of aliphatic hydroxyl groups is 1.